The fourth-order valence-electron chi connectivity index (χ4n) is 1.39. The molecule has 0 spiro atoms. The summed E-state index contributed by atoms with van der Waals surface area (Å²) in [5, 5.41) is 9.59. The van der Waals surface area contributed by atoms with Crippen LogP contribution in [0, 0.1) is 30.1 Å². The second kappa shape index (κ2) is 8.88. The molecule has 0 aliphatic heterocycles. The number of carbonyl (C=O) groups excluding carboxylic acids is 2. The van der Waals surface area contributed by atoms with Gasteiger partial charge in [0.05, 0.1) is 13.2 Å². The van der Waals surface area contributed by atoms with Gasteiger partial charge in [-0.15, -0.1) is 12.8 Å². The molecule has 0 aliphatic rings. The topological polar surface area (TPSA) is 82.1 Å². The predicted octanol–water partition coefficient (Wildman–Crippen LogP) is 1.34. The van der Waals surface area contributed by atoms with Crippen LogP contribution in [-0.2, 0) is 23.5 Å². The molecule has 0 rings (SSSR count). The van der Waals surface area contributed by atoms with Gasteiger partial charge in [-0.05, 0) is 18.1 Å². The predicted molar refractivity (Wildman–Crippen MR) is 92.3 cm³/mol. The van der Waals surface area contributed by atoms with E-state index in [2.05, 4.69) is 11.8 Å². The molecule has 0 atom stereocenters. The lowest BCUT2D eigenvalue weighted by atomic mass is 9.90. The Kier molecular flexibility index (Phi) is 8.22. The van der Waals surface area contributed by atoms with E-state index < -0.39 is 32.3 Å². The van der Waals surface area contributed by atoms with Gasteiger partial charge in [0.1, 0.15) is 0 Å². The highest BCUT2D eigenvalue weighted by molar-refractivity contribution is 6.74. The minimum absolute atomic E-state index is 0.153. The van der Waals surface area contributed by atoms with Crippen LogP contribution in [0.25, 0.3) is 0 Å². The summed E-state index contributed by atoms with van der Waals surface area (Å²) >= 11 is 0. The molecule has 7 heteroatoms. The molecule has 0 bridgehead atoms. The van der Waals surface area contributed by atoms with Crippen molar-refractivity contribution in [3.05, 3.63) is 0 Å². The number of aliphatic hydroxyl groups excluding tert-OH is 1. The maximum absolute atomic E-state index is 12.3. The van der Waals surface area contributed by atoms with E-state index in [9.17, 15) is 14.7 Å². The zero-order chi connectivity index (χ0) is 19.0. The second-order valence-electron chi connectivity index (χ2n) is 6.85. The van der Waals surface area contributed by atoms with Crippen LogP contribution in [0.5, 0.6) is 0 Å². The van der Waals surface area contributed by atoms with Gasteiger partial charge in [-0.3, -0.25) is 9.59 Å². The van der Waals surface area contributed by atoms with E-state index in [1.165, 1.54) is 0 Å². The Bertz CT molecular complexity index is 503. The molecule has 0 aliphatic carbocycles. The Hall–Kier alpha value is -1.80. The Labute approximate surface area is 145 Å². The summed E-state index contributed by atoms with van der Waals surface area (Å²) in [6.07, 6.45) is 10.1. The Morgan fingerprint density at radius 3 is 1.75 bits per heavy atom. The zero-order valence-corrected chi connectivity index (χ0v) is 16.0. The fourth-order valence-corrected chi connectivity index (χ4v) is 2.43. The number of terminal acetylenes is 2. The van der Waals surface area contributed by atoms with Gasteiger partial charge in [0.15, 0.2) is 21.5 Å². The SMILES string of the molecule is C#CCOC(=O)C(CO)(CO[Si](C)(C)C(C)(C)C)C(=O)OCC#C. The first kappa shape index (κ1) is 22.2. The number of hydrogen-bond acceptors (Lipinski definition) is 6. The fraction of sp³-hybridized carbons (Fsp3) is 0.647. The Balaban J connectivity index is 5.53. The summed E-state index contributed by atoms with van der Waals surface area (Å²) < 4.78 is 15.6. The van der Waals surface area contributed by atoms with Crippen molar-refractivity contribution < 1.29 is 28.6 Å². The molecule has 0 saturated heterocycles. The molecular formula is C17H26O6Si. The minimum Gasteiger partial charge on any atom is -0.452 e. The molecule has 0 unspecified atom stereocenters. The molecule has 24 heavy (non-hydrogen) atoms. The van der Waals surface area contributed by atoms with Crippen molar-refractivity contribution in [2.24, 2.45) is 5.41 Å². The van der Waals surface area contributed by atoms with Crippen LogP contribution in [0.1, 0.15) is 20.8 Å². The molecule has 0 aromatic heterocycles. The summed E-state index contributed by atoms with van der Waals surface area (Å²) in [5.41, 5.74) is -2.01. The number of rotatable bonds is 8. The first-order chi connectivity index (χ1) is 11.0. The average Bonchev–Trinajstić information content (AvgIpc) is 2.50. The van der Waals surface area contributed by atoms with Crippen molar-refractivity contribution in [2.75, 3.05) is 26.4 Å². The normalized spacial score (nSPS) is 12.0. The van der Waals surface area contributed by atoms with E-state index in [-0.39, 0.29) is 24.9 Å². The highest BCUT2D eigenvalue weighted by atomic mass is 28.4. The summed E-state index contributed by atoms with van der Waals surface area (Å²) in [5.74, 6) is 2.27. The van der Waals surface area contributed by atoms with Gasteiger partial charge in [0.25, 0.3) is 0 Å². The lowest BCUT2D eigenvalue weighted by molar-refractivity contribution is -0.177. The molecule has 0 aromatic carbocycles. The number of aliphatic hydroxyl groups is 1. The molecule has 0 amide bonds. The molecule has 134 valence electrons. The second-order valence-corrected chi connectivity index (χ2v) is 11.7. The third-order valence-corrected chi connectivity index (χ3v) is 8.59. The lowest BCUT2D eigenvalue weighted by Crippen LogP contribution is -2.52. The standard InChI is InChI=1S/C17H26O6Si/c1-8-10-21-14(19)17(12-18,15(20)22-11-9-2)13-23-24(6,7)16(3,4)5/h1-2,18H,10-13H2,3-7H3. The maximum atomic E-state index is 12.3. The summed E-state index contributed by atoms with van der Waals surface area (Å²) in [6, 6.07) is 0. The minimum atomic E-state index is -2.29. The van der Waals surface area contributed by atoms with E-state index in [0.717, 1.165) is 0 Å². The number of esters is 2. The van der Waals surface area contributed by atoms with E-state index in [0.29, 0.717) is 0 Å². The first-order valence-electron chi connectivity index (χ1n) is 7.44. The highest BCUT2D eigenvalue weighted by Crippen LogP contribution is 2.38. The summed E-state index contributed by atoms with van der Waals surface area (Å²) in [6.45, 7) is 8.06. The van der Waals surface area contributed by atoms with Crippen LogP contribution in [0.3, 0.4) is 0 Å². The third kappa shape index (κ3) is 5.38. The lowest BCUT2D eigenvalue weighted by Gasteiger charge is -2.38. The molecule has 6 nitrogen and oxygen atoms in total. The van der Waals surface area contributed by atoms with Crippen LogP contribution in [0.15, 0.2) is 0 Å². The van der Waals surface area contributed by atoms with E-state index in [1.54, 1.807) is 0 Å². The van der Waals surface area contributed by atoms with Crippen LogP contribution >= 0.6 is 0 Å². The monoisotopic (exact) mass is 354 g/mol. The summed E-state index contributed by atoms with van der Waals surface area (Å²) in [7, 11) is -2.29. The first-order valence-corrected chi connectivity index (χ1v) is 10.4. The van der Waals surface area contributed by atoms with E-state index >= 15 is 0 Å². The van der Waals surface area contributed by atoms with Gasteiger partial charge >= 0.3 is 11.9 Å². The highest BCUT2D eigenvalue weighted by Gasteiger charge is 2.51. The largest absolute Gasteiger partial charge is 0.452 e. The van der Waals surface area contributed by atoms with Gasteiger partial charge < -0.3 is 19.0 Å². The third-order valence-electron chi connectivity index (χ3n) is 4.11. The molecule has 0 fully saturated rings. The smallest absolute Gasteiger partial charge is 0.329 e. The van der Waals surface area contributed by atoms with Crippen LogP contribution < -0.4 is 0 Å². The van der Waals surface area contributed by atoms with Crippen molar-refractivity contribution in [1.82, 2.24) is 0 Å². The number of ether oxygens (including phenoxy) is 2. The van der Waals surface area contributed by atoms with Crippen LogP contribution in [-0.4, -0.2) is 51.8 Å². The summed E-state index contributed by atoms with van der Waals surface area (Å²) in [4.78, 5) is 24.7. The number of carbonyl (C=O) groups is 2. The van der Waals surface area contributed by atoms with E-state index in [1.807, 2.05) is 33.9 Å². The molecule has 0 aromatic rings. The maximum Gasteiger partial charge on any atom is 0.329 e. The van der Waals surface area contributed by atoms with E-state index in [4.69, 9.17) is 26.7 Å². The molecule has 0 saturated carbocycles. The quantitative estimate of drug-likeness (QED) is 0.307. The van der Waals surface area contributed by atoms with Crippen molar-refractivity contribution in [2.45, 2.75) is 38.9 Å². The Morgan fingerprint density at radius 2 is 1.46 bits per heavy atom. The molecular weight excluding hydrogens is 328 g/mol. The van der Waals surface area contributed by atoms with Crippen LogP contribution in [0.2, 0.25) is 18.1 Å². The Morgan fingerprint density at radius 1 is 1.04 bits per heavy atom. The van der Waals surface area contributed by atoms with Gasteiger partial charge in [-0.25, -0.2) is 0 Å². The van der Waals surface area contributed by atoms with Crippen molar-refractivity contribution in [3.63, 3.8) is 0 Å². The molecule has 1 N–H and O–H groups in total. The van der Waals surface area contributed by atoms with Gasteiger partial charge in [0, 0.05) is 0 Å². The van der Waals surface area contributed by atoms with Gasteiger partial charge in [-0.2, -0.15) is 0 Å². The van der Waals surface area contributed by atoms with Crippen molar-refractivity contribution in [3.8, 4) is 24.7 Å². The molecule has 0 heterocycles. The van der Waals surface area contributed by atoms with Gasteiger partial charge in [0.2, 0.25) is 5.41 Å². The van der Waals surface area contributed by atoms with Gasteiger partial charge in [-0.1, -0.05) is 32.6 Å². The average molecular weight is 354 g/mol. The molecule has 0 radical (unpaired) electrons. The van der Waals surface area contributed by atoms with Crippen molar-refractivity contribution in [1.29, 1.82) is 0 Å². The zero-order valence-electron chi connectivity index (χ0n) is 15.0. The van der Waals surface area contributed by atoms with Crippen molar-refractivity contribution >= 4 is 20.3 Å². The van der Waals surface area contributed by atoms with Crippen LogP contribution in [0.4, 0.5) is 0 Å². The number of hydrogen-bond donors (Lipinski definition) is 1.